The Morgan fingerprint density at radius 2 is 1.19 bits per heavy atom. The van der Waals surface area contributed by atoms with Crippen molar-refractivity contribution in [3.8, 4) is 45.3 Å². The zero-order valence-electron chi connectivity index (χ0n) is 36.4. The Balaban J connectivity index is 0.899. The van der Waals surface area contributed by atoms with E-state index in [1.54, 1.807) is 20.4 Å². The fourth-order valence-electron chi connectivity index (χ4n) is 10.1. The van der Waals surface area contributed by atoms with Gasteiger partial charge in [0.05, 0.1) is 35.7 Å². The van der Waals surface area contributed by atoms with Crippen LogP contribution in [0.5, 0.6) is 11.6 Å². The Labute approximate surface area is 377 Å². The van der Waals surface area contributed by atoms with Gasteiger partial charge in [-0.3, -0.25) is 14.6 Å². The lowest BCUT2D eigenvalue weighted by Gasteiger charge is -2.35. The lowest BCUT2D eigenvalue weighted by Crippen LogP contribution is -2.46. The van der Waals surface area contributed by atoms with Crippen LogP contribution >= 0.6 is 23.2 Å². The van der Waals surface area contributed by atoms with Crippen molar-refractivity contribution in [2.75, 3.05) is 40.4 Å². The largest absolute Gasteiger partial charge is 0.496 e. The highest BCUT2D eigenvalue weighted by Gasteiger charge is 2.31. The van der Waals surface area contributed by atoms with Crippen LogP contribution in [0.3, 0.4) is 0 Å². The van der Waals surface area contributed by atoms with E-state index < -0.39 is 0 Å². The fraction of sp³-hybridized carbons (Fsp3) is 0.520. The molecule has 4 aliphatic rings. The number of likely N-dealkylation sites (tertiary alicyclic amines) is 2. The molecule has 2 aliphatic carbocycles. The van der Waals surface area contributed by atoms with Gasteiger partial charge in [0.2, 0.25) is 17.7 Å². The number of carbonyl (C=O) groups excluding carboxylic acids is 2. The second-order valence-corrected chi connectivity index (χ2v) is 18.5. The van der Waals surface area contributed by atoms with Crippen LogP contribution in [0.4, 0.5) is 0 Å². The van der Waals surface area contributed by atoms with Crippen LogP contribution in [-0.2, 0) is 22.7 Å². The van der Waals surface area contributed by atoms with E-state index in [4.69, 9.17) is 42.6 Å². The van der Waals surface area contributed by atoms with Gasteiger partial charge in [0, 0.05) is 103 Å². The summed E-state index contributed by atoms with van der Waals surface area (Å²) in [5.74, 6) is 2.49. The van der Waals surface area contributed by atoms with Crippen molar-refractivity contribution in [1.29, 1.82) is 0 Å². The predicted octanol–water partition coefficient (Wildman–Crippen LogP) is 10.1. The van der Waals surface area contributed by atoms with Gasteiger partial charge in [-0.25, -0.2) is 4.98 Å². The Hall–Kier alpha value is -4.22. The molecule has 2 aliphatic heterocycles. The van der Waals surface area contributed by atoms with Gasteiger partial charge in [-0.05, 0) is 69.6 Å². The van der Waals surface area contributed by atoms with E-state index in [2.05, 4.69) is 26.5 Å². The summed E-state index contributed by atoms with van der Waals surface area (Å²) < 4.78 is 11.7. The first-order valence-electron chi connectivity index (χ1n) is 23.0. The van der Waals surface area contributed by atoms with E-state index in [-0.39, 0.29) is 11.8 Å². The lowest BCUT2D eigenvalue weighted by atomic mass is 9.87. The molecule has 0 atom stereocenters. The standard InChI is InChI=1S/C50H62Cl2N6O4/c1-61-44-30-35(16-17-36(44)31-54-38-21-26-57(27-22-38)49(59)33-10-5-3-6-11-33)47-46(52)41(20-25-53-47)40-14-9-15-42(45(40)51)43-19-18-37(48(56-43)62-2)32-55-39-23-28-58(29-24-39)50(60)34-12-7-4-8-13-34/h9,14-20,25,30,33-34,38-39,54-55H,3-8,10-13,21-24,26-29,31-32H2,1-2H3. The molecule has 2 saturated heterocycles. The first-order valence-corrected chi connectivity index (χ1v) is 23.8. The molecule has 0 spiro atoms. The van der Waals surface area contributed by atoms with Gasteiger partial charge in [0.15, 0.2) is 0 Å². The first kappa shape index (κ1) is 44.4. The third-order valence-electron chi connectivity index (χ3n) is 13.8. The van der Waals surface area contributed by atoms with E-state index in [0.717, 1.165) is 117 Å². The van der Waals surface area contributed by atoms with Crippen molar-refractivity contribution in [3.05, 3.63) is 82.0 Å². The number of nitrogens with one attached hydrogen (secondary N) is 2. The molecular weight excluding hydrogens is 819 g/mol. The molecule has 330 valence electrons. The monoisotopic (exact) mass is 880 g/mol. The fourth-order valence-corrected chi connectivity index (χ4v) is 10.7. The second kappa shape index (κ2) is 21.0. The number of nitrogens with zero attached hydrogens (tertiary/aromatic N) is 4. The number of benzene rings is 2. The number of hydrogen-bond donors (Lipinski definition) is 2. The van der Waals surface area contributed by atoms with Crippen LogP contribution < -0.4 is 20.1 Å². The Morgan fingerprint density at radius 3 is 1.77 bits per heavy atom. The molecular formula is C50H62Cl2N6O4. The number of carbonyl (C=O) groups is 2. The van der Waals surface area contributed by atoms with Gasteiger partial charge in [-0.1, -0.05) is 98.1 Å². The van der Waals surface area contributed by atoms with Crippen molar-refractivity contribution in [2.45, 2.75) is 115 Å². The van der Waals surface area contributed by atoms with Crippen molar-refractivity contribution < 1.29 is 19.1 Å². The number of piperidine rings is 2. The maximum Gasteiger partial charge on any atom is 0.225 e. The highest BCUT2D eigenvalue weighted by atomic mass is 35.5. The molecule has 2 N–H and O–H groups in total. The van der Waals surface area contributed by atoms with Crippen molar-refractivity contribution in [3.63, 3.8) is 0 Å². The lowest BCUT2D eigenvalue weighted by molar-refractivity contribution is -0.138. The Morgan fingerprint density at radius 1 is 0.645 bits per heavy atom. The van der Waals surface area contributed by atoms with E-state index in [1.165, 1.54) is 38.5 Å². The number of rotatable bonds is 13. The van der Waals surface area contributed by atoms with Gasteiger partial charge in [0.25, 0.3) is 0 Å². The molecule has 62 heavy (non-hydrogen) atoms. The molecule has 8 rings (SSSR count). The maximum atomic E-state index is 13.1. The minimum absolute atomic E-state index is 0.225. The summed E-state index contributed by atoms with van der Waals surface area (Å²) in [6.07, 6.45) is 17.0. The van der Waals surface area contributed by atoms with Gasteiger partial charge in [-0.2, -0.15) is 0 Å². The highest BCUT2D eigenvalue weighted by Crippen LogP contribution is 2.42. The predicted molar refractivity (Wildman–Crippen MR) is 247 cm³/mol. The van der Waals surface area contributed by atoms with Crippen molar-refractivity contribution in [2.24, 2.45) is 11.8 Å². The number of hydrogen-bond acceptors (Lipinski definition) is 8. The number of pyridine rings is 2. The van der Waals surface area contributed by atoms with Crippen molar-refractivity contribution >= 4 is 35.0 Å². The van der Waals surface area contributed by atoms with Gasteiger partial charge in [0.1, 0.15) is 5.75 Å². The molecule has 2 aromatic carbocycles. The van der Waals surface area contributed by atoms with Gasteiger partial charge >= 0.3 is 0 Å². The van der Waals surface area contributed by atoms with Crippen molar-refractivity contribution in [1.82, 2.24) is 30.4 Å². The highest BCUT2D eigenvalue weighted by molar-refractivity contribution is 6.39. The maximum absolute atomic E-state index is 13.1. The van der Waals surface area contributed by atoms with E-state index in [0.29, 0.717) is 64.3 Å². The average molecular weight is 882 g/mol. The molecule has 4 fully saturated rings. The Bertz CT molecular complexity index is 2020. The molecule has 4 heterocycles. The summed E-state index contributed by atoms with van der Waals surface area (Å²) in [5.41, 5.74) is 6.50. The van der Waals surface area contributed by atoms with Crippen LogP contribution in [0.25, 0.3) is 33.6 Å². The van der Waals surface area contributed by atoms with Crippen LogP contribution in [-0.4, -0.2) is 84.1 Å². The van der Waals surface area contributed by atoms with Crippen LogP contribution in [0.15, 0.2) is 60.8 Å². The SMILES string of the molecule is COc1cc(-c2nccc(-c3cccc(-c4ccc(CNC5CCN(C(=O)C6CCCCC6)CC5)c(OC)n4)c3Cl)c2Cl)ccc1CNC1CCN(C(=O)C2CCCCC2)CC1. The second-order valence-electron chi connectivity index (χ2n) is 17.7. The molecule has 2 amide bonds. The zero-order chi connectivity index (χ0) is 43.0. The zero-order valence-corrected chi connectivity index (χ0v) is 37.9. The molecule has 4 aromatic rings. The molecule has 0 unspecified atom stereocenters. The van der Waals surface area contributed by atoms with Gasteiger partial charge in [-0.15, -0.1) is 0 Å². The summed E-state index contributed by atoms with van der Waals surface area (Å²) >= 11 is 14.4. The topological polar surface area (TPSA) is 109 Å². The number of methoxy groups -OCH3 is 2. The Kier molecular flexibility index (Phi) is 15.0. The third kappa shape index (κ3) is 10.3. The normalized spacial score (nSPS) is 18.5. The smallest absolute Gasteiger partial charge is 0.225 e. The molecule has 2 saturated carbocycles. The van der Waals surface area contributed by atoms with E-state index >= 15 is 0 Å². The summed E-state index contributed by atoms with van der Waals surface area (Å²) in [6.45, 7) is 4.53. The molecule has 12 heteroatoms. The molecule has 2 aromatic heterocycles. The number of aromatic nitrogens is 2. The minimum atomic E-state index is 0.225. The number of ether oxygens (including phenoxy) is 2. The van der Waals surface area contributed by atoms with Crippen LogP contribution in [0.1, 0.15) is 101 Å². The summed E-state index contributed by atoms with van der Waals surface area (Å²) in [7, 11) is 3.33. The number of halogens is 2. The number of amides is 2. The van der Waals surface area contributed by atoms with Gasteiger partial charge < -0.3 is 29.9 Å². The van der Waals surface area contributed by atoms with Crippen LogP contribution in [0, 0.1) is 11.8 Å². The molecule has 0 radical (unpaired) electrons. The summed E-state index contributed by atoms with van der Waals surface area (Å²) in [5, 5.41) is 8.44. The molecule has 10 nitrogen and oxygen atoms in total. The van der Waals surface area contributed by atoms with E-state index in [9.17, 15) is 9.59 Å². The first-order chi connectivity index (χ1) is 30.3. The minimum Gasteiger partial charge on any atom is -0.496 e. The third-order valence-corrected chi connectivity index (χ3v) is 14.6. The quantitative estimate of drug-likeness (QED) is 0.137. The van der Waals surface area contributed by atoms with E-state index in [1.807, 2.05) is 48.5 Å². The average Bonchev–Trinajstić information content (AvgIpc) is 3.33. The summed E-state index contributed by atoms with van der Waals surface area (Å²) in [4.78, 5) is 40.0. The van der Waals surface area contributed by atoms with Crippen LogP contribution in [0.2, 0.25) is 10.0 Å². The molecule has 0 bridgehead atoms. The summed E-state index contributed by atoms with van der Waals surface area (Å²) in [6, 6.07) is 18.6.